The number of ether oxygens (including phenoxy) is 1. The smallest absolute Gasteiger partial charge is 0.258 e. The number of nitrogen functional groups attached to an aromatic ring is 1. The van der Waals surface area contributed by atoms with Gasteiger partial charge < -0.3 is 15.0 Å². The van der Waals surface area contributed by atoms with Gasteiger partial charge in [-0.05, 0) is 37.1 Å². The van der Waals surface area contributed by atoms with Crippen molar-refractivity contribution < 1.29 is 9.26 Å². The molecule has 1 saturated heterocycles. The van der Waals surface area contributed by atoms with Gasteiger partial charge in [-0.15, -0.1) is 0 Å². The highest BCUT2D eigenvalue weighted by atomic mass is 16.5. The molecule has 1 aliphatic heterocycles. The Labute approximate surface area is 105 Å². The molecule has 0 radical (unpaired) electrons. The fourth-order valence-corrected chi connectivity index (χ4v) is 2.18. The number of aryl methyl sites for hydroxylation is 1. The number of hydrogen-bond acceptors (Lipinski definition) is 5. The molecule has 0 amide bonds. The predicted molar refractivity (Wildman–Crippen MR) is 67.1 cm³/mol. The molecule has 18 heavy (non-hydrogen) atoms. The number of nitrogens with two attached hydrogens (primary N) is 1. The topological polar surface area (TPSA) is 74.2 Å². The van der Waals surface area contributed by atoms with Gasteiger partial charge in [0, 0.05) is 23.8 Å². The van der Waals surface area contributed by atoms with Crippen molar-refractivity contribution in [2.45, 2.75) is 19.3 Å². The van der Waals surface area contributed by atoms with Gasteiger partial charge in [0.15, 0.2) is 5.82 Å². The number of hydrogen-bond donors (Lipinski definition) is 1. The van der Waals surface area contributed by atoms with Crippen molar-refractivity contribution in [2.24, 2.45) is 0 Å². The lowest BCUT2D eigenvalue weighted by Gasteiger charge is -2.01. The zero-order valence-corrected chi connectivity index (χ0v) is 10.2. The summed E-state index contributed by atoms with van der Waals surface area (Å²) in [7, 11) is 0. The molecule has 0 spiro atoms. The Bertz CT molecular complexity index is 559. The highest BCUT2D eigenvalue weighted by Crippen LogP contribution is 2.27. The normalized spacial score (nSPS) is 19.3. The molecule has 1 unspecified atom stereocenters. The van der Waals surface area contributed by atoms with Crippen LogP contribution in [0.15, 0.2) is 22.7 Å². The van der Waals surface area contributed by atoms with Crippen molar-refractivity contribution >= 4 is 5.69 Å². The summed E-state index contributed by atoms with van der Waals surface area (Å²) in [6.07, 6.45) is 0.958. The molecule has 94 valence electrons. The molecular weight excluding hydrogens is 230 g/mol. The van der Waals surface area contributed by atoms with E-state index in [1.54, 1.807) is 0 Å². The molecular formula is C13H15N3O2. The Balaban J connectivity index is 1.92. The summed E-state index contributed by atoms with van der Waals surface area (Å²) < 4.78 is 10.7. The third kappa shape index (κ3) is 1.97. The van der Waals surface area contributed by atoms with E-state index in [1.807, 2.05) is 25.1 Å². The highest BCUT2D eigenvalue weighted by molar-refractivity contribution is 5.62. The molecule has 0 saturated carbocycles. The molecule has 1 aromatic heterocycles. The summed E-state index contributed by atoms with van der Waals surface area (Å²) in [5.41, 5.74) is 8.43. The van der Waals surface area contributed by atoms with Crippen molar-refractivity contribution in [1.29, 1.82) is 0 Å². The van der Waals surface area contributed by atoms with E-state index in [9.17, 15) is 0 Å². The van der Waals surface area contributed by atoms with Crippen molar-refractivity contribution in [3.05, 3.63) is 29.6 Å². The van der Waals surface area contributed by atoms with Crippen molar-refractivity contribution in [3.8, 4) is 11.5 Å². The van der Waals surface area contributed by atoms with Crippen LogP contribution < -0.4 is 5.73 Å². The summed E-state index contributed by atoms with van der Waals surface area (Å²) >= 11 is 0. The maximum atomic E-state index is 5.73. The second kappa shape index (κ2) is 4.42. The SMILES string of the molecule is Cc1cc(N)ccc1-c1nc(C2CCOC2)no1. The first kappa shape index (κ1) is 11.2. The predicted octanol–water partition coefficient (Wildman–Crippen LogP) is 2.13. The first-order valence-electron chi connectivity index (χ1n) is 6.02. The zero-order chi connectivity index (χ0) is 12.5. The van der Waals surface area contributed by atoms with E-state index in [0.29, 0.717) is 12.5 Å². The van der Waals surface area contributed by atoms with Gasteiger partial charge in [0.25, 0.3) is 5.89 Å². The van der Waals surface area contributed by atoms with Crippen LogP contribution in [-0.4, -0.2) is 23.4 Å². The quantitative estimate of drug-likeness (QED) is 0.820. The Hall–Kier alpha value is -1.88. The second-order valence-electron chi connectivity index (χ2n) is 4.59. The van der Waals surface area contributed by atoms with Gasteiger partial charge in [-0.3, -0.25) is 0 Å². The van der Waals surface area contributed by atoms with Gasteiger partial charge in [0.05, 0.1) is 6.61 Å². The van der Waals surface area contributed by atoms with E-state index in [4.69, 9.17) is 15.0 Å². The van der Waals surface area contributed by atoms with Crippen LogP contribution in [0, 0.1) is 6.92 Å². The molecule has 3 rings (SSSR count). The molecule has 2 N–H and O–H groups in total. The first-order chi connectivity index (χ1) is 8.74. The summed E-state index contributed by atoms with van der Waals surface area (Å²) in [5.74, 6) is 1.55. The minimum atomic E-state index is 0.261. The van der Waals surface area contributed by atoms with Gasteiger partial charge >= 0.3 is 0 Å². The van der Waals surface area contributed by atoms with E-state index in [1.165, 1.54) is 0 Å². The van der Waals surface area contributed by atoms with Gasteiger partial charge in [0.1, 0.15) is 0 Å². The van der Waals surface area contributed by atoms with Crippen molar-refractivity contribution in [2.75, 3.05) is 18.9 Å². The fraction of sp³-hybridized carbons (Fsp3) is 0.385. The molecule has 2 aromatic rings. The summed E-state index contributed by atoms with van der Waals surface area (Å²) in [6.45, 7) is 3.43. The molecule has 0 bridgehead atoms. The maximum Gasteiger partial charge on any atom is 0.258 e. The summed E-state index contributed by atoms with van der Waals surface area (Å²) in [5, 5.41) is 4.04. The van der Waals surface area contributed by atoms with Crippen LogP contribution in [0.2, 0.25) is 0 Å². The number of anilines is 1. The van der Waals surface area contributed by atoms with Gasteiger partial charge in [-0.2, -0.15) is 4.98 Å². The van der Waals surface area contributed by atoms with Gasteiger partial charge in [0.2, 0.25) is 0 Å². The lowest BCUT2D eigenvalue weighted by Crippen LogP contribution is -1.99. The molecule has 1 atom stereocenters. The Kier molecular flexibility index (Phi) is 2.76. The minimum absolute atomic E-state index is 0.261. The molecule has 2 heterocycles. The number of benzene rings is 1. The highest BCUT2D eigenvalue weighted by Gasteiger charge is 2.23. The van der Waals surface area contributed by atoms with E-state index in [0.717, 1.165) is 35.7 Å². The number of nitrogens with zero attached hydrogens (tertiary/aromatic N) is 2. The van der Waals surface area contributed by atoms with Crippen LogP contribution in [0.4, 0.5) is 5.69 Å². The maximum absolute atomic E-state index is 5.73. The zero-order valence-electron chi connectivity index (χ0n) is 10.2. The van der Waals surface area contributed by atoms with E-state index < -0.39 is 0 Å². The summed E-state index contributed by atoms with van der Waals surface area (Å²) in [4.78, 5) is 4.45. The Morgan fingerprint density at radius 3 is 3.00 bits per heavy atom. The number of rotatable bonds is 2. The minimum Gasteiger partial charge on any atom is -0.399 e. The molecule has 1 fully saturated rings. The number of aromatic nitrogens is 2. The van der Waals surface area contributed by atoms with Crippen LogP contribution >= 0.6 is 0 Å². The van der Waals surface area contributed by atoms with E-state index >= 15 is 0 Å². The van der Waals surface area contributed by atoms with E-state index in [-0.39, 0.29) is 5.92 Å². The lowest BCUT2D eigenvalue weighted by molar-refractivity contribution is 0.192. The Morgan fingerprint density at radius 2 is 2.28 bits per heavy atom. The average Bonchev–Trinajstić information content (AvgIpc) is 2.99. The van der Waals surface area contributed by atoms with Crippen LogP contribution in [0.3, 0.4) is 0 Å². The van der Waals surface area contributed by atoms with Gasteiger partial charge in [-0.1, -0.05) is 5.16 Å². The third-order valence-corrected chi connectivity index (χ3v) is 3.22. The fourth-order valence-electron chi connectivity index (χ4n) is 2.18. The summed E-state index contributed by atoms with van der Waals surface area (Å²) in [6, 6.07) is 5.65. The van der Waals surface area contributed by atoms with Crippen LogP contribution in [0.1, 0.15) is 23.7 Å². The molecule has 5 heteroatoms. The molecule has 0 aliphatic carbocycles. The van der Waals surface area contributed by atoms with Gasteiger partial charge in [-0.25, -0.2) is 0 Å². The first-order valence-corrected chi connectivity index (χ1v) is 6.02. The lowest BCUT2D eigenvalue weighted by atomic mass is 10.1. The van der Waals surface area contributed by atoms with E-state index in [2.05, 4.69) is 10.1 Å². The standard InChI is InChI=1S/C13H15N3O2/c1-8-6-10(14)2-3-11(8)13-15-12(16-18-13)9-4-5-17-7-9/h2-3,6,9H,4-5,7,14H2,1H3. The molecule has 1 aromatic carbocycles. The van der Waals surface area contributed by atoms with Crippen molar-refractivity contribution in [3.63, 3.8) is 0 Å². The molecule has 5 nitrogen and oxygen atoms in total. The van der Waals surface area contributed by atoms with Crippen LogP contribution in [0.5, 0.6) is 0 Å². The van der Waals surface area contributed by atoms with Crippen LogP contribution in [0.25, 0.3) is 11.5 Å². The second-order valence-corrected chi connectivity index (χ2v) is 4.59. The monoisotopic (exact) mass is 245 g/mol. The largest absolute Gasteiger partial charge is 0.399 e. The third-order valence-electron chi connectivity index (χ3n) is 3.22. The van der Waals surface area contributed by atoms with Crippen molar-refractivity contribution in [1.82, 2.24) is 10.1 Å². The Morgan fingerprint density at radius 1 is 1.39 bits per heavy atom. The molecule has 1 aliphatic rings. The van der Waals surface area contributed by atoms with Crippen LogP contribution in [-0.2, 0) is 4.74 Å². The average molecular weight is 245 g/mol.